The van der Waals surface area contributed by atoms with E-state index in [1.807, 2.05) is 4.98 Å². The molecule has 4 rings (SSSR count). The highest BCUT2D eigenvalue weighted by atomic mass is 19.3. The lowest BCUT2D eigenvalue weighted by atomic mass is 10.1. The smallest absolute Gasteiger partial charge is 0.358 e. The third kappa shape index (κ3) is 4.33. The summed E-state index contributed by atoms with van der Waals surface area (Å²) in [7, 11) is 0. The van der Waals surface area contributed by atoms with E-state index in [4.69, 9.17) is 5.26 Å². The Morgan fingerprint density at radius 2 is 1.88 bits per heavy atom. The number of aromatic amines is 3. The van der Waals surface area contributed by atoms with E-state index in [-0.39, 0.29) is 22.5 Å². The molecule has 0 saturated carbocycles. The zero-order chi connectivity index (χ0) is 24.7. The van der Waals surface area contributed by atoms with Crippen molar-refractivity contribution in [1.29, 1.82) is 5.26 Å². The predicted octanol–water partition coefficient (Wildman–Crippen LogP) is 1.28. The molecular formula is C20H14F4N6O4. The summed E-state index contributed by atoms with van der Waals surface area (Å²) in [5, 5.41) is 14.5. The molecule has 2 aromatic heterocycles. The Morgan fingerprint density at radius 3 is 2.53 bits per heavy atom. The number of ether oxygens (including phenoxy) is 1. The lowest BCUT2D eigenvalue weighted by molar-refractivity contribution is -0.297. The maximum Gasteiger partial charge on any atom is 0.383 e. The Labute approximate surface area is 186 Å². The predicted molar refractivity (Wildman–Crippen MR) is 109 cm³/mol. The molecule has 34 heavy (non-hydrogen) atoms. The SMILES string of the molecule is N#Cc1ccc(C(F)(F)O[C@H]2CN(c3cc(-c4c[nH]c(=O)[nH]c4=O)n[nH]c3=O)CC2(F)F)cc1. The van der Waals surface area contributed by atoms with Gasteiger partial charge in [0.2, 0.25) is 0 Å². The van der Waals surface area contributed by atoms with Crippen LogP contribution in [-0.2, 0) is 10.8 Å². The molecule has 1 saturated heterocycles. The van der Waals surface area contributed by atoms with Crippen LogP contribution in [-0.4, -0.2) is 45.3 Å². The number of nitrogens with zero attached hydrogens (tertiary/aromatic N) is 3. The topological polar surface area (TPSA) is 148 Å². The number of H-pyrrole nitrogens is 3. The van der Waals surface area contributed by atoms with Crippen LogP contribution in [0.2, 0.25) is 0 Å². The van der Waals surface area contributed by atoms with E-state index in [1.165, 1.54) is 0 Å². The van der Waals surface area contributed by atoms with E-state index in [0.717, 1.165) is 41.4 Å². The molecule has 0 spiro atoms. The lowest BCUT2D eigenvalue weighted by Gasteiger charge is -2.24. The average molecular weight is 478 g/mol. The molecule has 176 valence electrons. The lowest BCUT2D eigenvalue weighted by Crippen LogP contribution is -2.38. The summed E-state index contributed by atoms with van der Waals surface area (Å²) >= 11 is 0. The summed E-state index contributed by atoms with van der Waals surface area (Å²) < 4.78 is 62.8. The summed E-state index contributed by atoms with van der Waals surface area (Å²) in [5.41, 5.74) is -3.83. The fourth-order valence-corrected chi connectivity index (χ4v) is 3.42. The van der Waals surface area contributed by atoms with Crippen molar-refractivity contribution >= 4 is 5.69 Å². The van der Waals surface area contributed by atoms with Crippen molar-refractivity contribution in [2.75, 3.05) is 18.0 Å². The molecule has 0 amide bonds. The number of rotatable bonds is 5. The minimum atomic E-state index is -4.10. The molecule has 0 radical (unpaired) electrons. The first kappa shape index (κ1) is 22.9. The molecule has 0 unspecified atom stereocenters. The van der Waals surface area contributed by atoms with E-state index in [0.29, 0.717) is 0 Å². The molecule has 1 aromatic carbocycles. The number of halogens is 4. The van der Waals surface area contributed by atoms with Gasteiger partial charge in [-0.1, -0.05) is 0 Å². The van der Waals surface area contributed by atoms with Crippen molar-refractivity contribution in [1.82, 2.24) is 20.2 Å². The largest absolute Gasteiger partial charge is 0.383 e. The fraction of sp³-hybridized carbons (Fsp3) is 0.250. The molecule has 10 nitrogen and oxygen atoms in total. The van der Waals surface area contributed by atoms with E-state index in [2.05, 4.69) is 19.9 Å². The van der Waals surface area contributed by atoms with Gasteiger partial charge in [0.15, 0.2) is 0 Å². The number of alkyl halides is 4. The Morgan fingerprint density at radius 1 is 1.18 bits per heavy atom. The molecule has 0 bridgehead atoms. The van der Waals surface area contributed by atoms with Gasteiger partial charge in [-0.3, -0.25) is 14.6 Å². The van der Waals surface area contributed by atoms with Crippen molar-refractivity contribution in [2.45, 2.75) is 18.1 Å². The van der Waals surface area contributed by atoms with Crippen LogP contribution in [0.3, 0.4) is 0 Å². The molecule has 3 heterocycles. The van der Waals surface area contributed by atoms with Crippen molar-refractivity contribution in [3.63, 3.8) is 0 Å². The monoisotopic (exact) mass is 478 g/mol. The number of hydrogen-bond acceptors (Lipinski definition) is 7. The van der Waals surface area contributed by atoms with Crippen LogP contribution in [0.1, 0.15) is 11.1 Å². The van der Waals surface area contributed by atoms with Gasteiger partial charge in [-0.25, -0.2) is 18.7 Å². The van der Waals surface area contributed by atoms with E-state index < -0.39 is 53.6 Å². The average Bonchev–Trinajstić information content (AvgIpc) is 3.07. The molecule has 14 heteroatoms. The van der Waals surface area contributed by atoms with E-state index in [9.17, 15) is 31.9 Å². The minimum absolute atomic E-state index is 0.103. The quantitative estimate of drug-likeness (QED) is 0.468. The van der Waals surface area contributed by atoms with Gasteiger partial charge in [0, 0.05) is 6.20 Å². The normalized spacial score (nSPS) is 17.5. The molecule has 1 fully saturated rings. The third-order valence-corrected chi connectivity index (χ3v) is 5.12. The number of nitriles is 1. The summed E-state index contributed by atoms with van der Waals surface area (Å²) in [6.07, 6.45) is -5.36. The Bertz CT molecular complexity index is 1440. The van der Waals surface area contributed by atoms with Crippen LogP contribution >= 0.6 is 0 Å². The van der Waals surface area contributed by atoms with Gasteiger partial charge in [0.25, 0.3) is 17.0 Å². The standard InChI is InChI=1S/C20H14F4N6O4/c21-19(22)9-30(8-15(19)34-20(23,24)11-3-1-10(6-25)2-4-11)14-5-13(28-29-17(14)32)12-7-26-18(33)27-16(12)31/h1-5,7,15H,8-9H2,(H,29,32)(H2,26,27,31,33)/t15-/m0/s1. The zero-order valence-corrected chi connectivity index (χ0v) is 16.9. The molecule has 0 aliphatic carbocycles. The van der Waals surface area contributed by atoms with Crippen LogP contribution in [0, 0.1) is 11.3 Å². The van der Waals surface area contributed by atoms with Crippen LogP contribution in [0.15, 0.2) is 50.9 Å². The third-order valence-electron chi connectivity index (χ3n) is 5.12. The molecule has 1 atom stereocenters. The highest BCUT2D eigenvalue weighted by Gasteiger charge is 2.54. The van der Waals surface area contributed by atoms with Gasteiger partial charge in [0.05, 0.1) is 41.5 Å². The van der Waals surface area contributed by atoms with Gasteiger partial charge < -0.3 is 14.6 Å². The summed E-state index contributed by atoms with van der Waals surface area (Å²) in [6, 6.07) is 6.77. The fourth-order valence-electron chi connectivity index (χ4n) is 3.42. The first-order chi connectivity index (χ1) is 16.0. The Hall–Kier alpha value is -4.25. The number of benzene rings is 1. The summed E-state index contributed by atoms with van der Waals surface area (Å²) in [6.45, 7) is -1.89. The van der Waals surface area contributed by atoms with Crippen LogP contribution in [0.5, 0.6) is 0 Å². The van der Waals surface area contributed by atoms with Gasteiger partial charge in [-0.2, -0.15) is 19.1 Å². The first-order valence-electron chi connectivity index (χ1n) is 9.61. The molecular weight excluding hydrogens is 464 g/mol. The number of nitrogens with one attached hydrogen (secondary N) is 3. The van der Waals surface area contributed by atoms with Crippen LogP contribution in [0.4, 0.5) is 23.2 Å². The second-order valence-electron chi connectivity index (χ2n) is 7.41. The number of anilines is 1. The van der Waals surface area contributed by atoms with Gasteiger partial charge >= 0.3 is 11.8 Å². The highest BCUT2D eigenvalue weighted by molar-refractivity contribution is 5.62. The van der Waals surface area contributed by atoms with Gasteiger partial charge in [0.1, 0.15) is 11.8 Å². The number of aromatic nitrogens is 4. The molecule has 3 aromatic rings. The Balaban J connectivity index is 1.61. The Kier molecular flexibility index (Phi) is 5.57. The van der Waals surface area contributed by atoms with Crippen LogP contribution < -0.4 is 21.7 Å². The molecule has 1 aliphatic rings. The zero-order valence-electron chi connectivity index (χ0n) is 16.9. The minimum Gasteiger partial charge on any atom is -0.358 e. The van der Waals surface area contributed by atoms with Gasteiger partial charge in [-0.15, -0.1) is 0 Å². The maximum absolute atomic E-state index is 14.6. The van der Waals surface area contributed by atoms with Crippen LogP contribution in [0.25, 0.3) is 11.3 Å². The second-order valence-corrected chi connectivity index (χ2v) is 7.41. The summed E-state index contributed by atoms with van der Waals surface area (Å²) in [4.78, 5) is 40.4. The van der Waals surface area contributed by atoms with Gasteiger partial charge in [-0.05, 0) is 30.3 Å². The van der Waals surface area contributed by atoms with E-state index in [1.54, 1.807) is 6.07 Å². The van der Waals surface area contributed by atoms with Crippen molar-refractivity contribution < 1.29 is 22.3 Å². The van der Waals surface area contributed by atoms with Crippen molar-refractivity contribution in [3.8, 4) is 17.3 Å². The number of hydrogen-bond donors (Lipinski definition) is 3. The maximum atomic E-state index is 14.6. The summed E-state index contributed by atoms with van der Waals surface area (Å²) in [5.74, 6) is -3.76. The molecule has 3 N–H and O–H groups in total. The second kappa shape index (κ2) is 8.27. The van der Waals surface area contributed by atoms with Crippen molar-refractivity contribution in [2.24, 2.45) is 0 Å². The highest BCUT2D eigenvalue weighted by Crippen LogP contribution is 2.39. The van der Waals surface area contributed by atoms with E-state index >= 15 is 0 Å². The van der Waals surface area contributed by atoms with Crippen molar-refractivity contribution in [3.05, 3.63) is 78.8 Å². The first-order valence-corrected chi connectivity index (χ1v) is 9.61. The molecule has 1 aliphatic heterocycles.